The average Bonchev–Trinajstić information content (AvgIpc) is 2.29. The number of ketones is 1. The molecular weight excluding hydrogens is 264 g/mol. The number of rotatable bonds is 6. The van der Waals surface area contributed by atoms with Crippen LogP contribution in [0.15, 0.2) is 0 Å². The molecule has 0 amide bonds. The van der Waals surface area contributed by atoms with Gasteiger partial charge in [-0.05, 0) is 50.7 Å². The van der Waals surface area contributed by atoms with Gasteiger partial charge in [0.2, 0.25) is 0 Å². The van der Waals surface area contributed by atoms with Crippen molar-refractivity contribution >= 4 is 14.1 Å². The zero-order chi connectivity index (χ0) is 15.4. The summed E-state index contributed by atoms with van der Waals surface area (Å²) in [7, 11) is -1.64. The largest absolute Gasteiger partial charge is 0.414 e. The highest BCUT2D eigenvalue weighted by Gasteiger charge is 2.38. The van der Waals surface area contributed by atoms with E-state index in [4.69, 9.17) is 4.43 Å². The van der Waals surface area contributed by atoms with Crippen LogP contribution in [0.4, 0.5) is 0 Å². The van der Waals surface area contributed by atoms with Crippen molar-refractivity contribution in [1.82, 2.24) is 0 Å². The summed E-state index contributed by atoms with van der Waals surface area (Å²) in [6, 6.07) is 0. The molecule has 1 rings (SSSR count). The van der Waals surface area contributed by atoms with Gasteiger partial charge in [0.05, 0.1) is 0 Å². The summed E-state index contributed by atoms with van der Waals surface area (Å²) in [6.45, 7) is 13.7. The molecule has 1 aliphatic rings. The molecule has 2 atom stereocenters. The van der Waals surface area contributed by atoms with Crippen molar-refractivity contribution in [2.45, 2.75) is 96.9 Å². The molecule has 1 aliphatic carbocycles. The maximum atomic E-state index is 11.8. The average molecular weight is 299 g/mol. The van der Waals surface area contributed by atoms with Crippen molar-refractivity contribution in [3.8, 4) is 0 Å². The minimum Gasteiger partial charge on any atom is -0.414 e. The number of carbonyl (C=O) groups is 1. The van der Waals surface area contributed by atoms with E-state index in [-0.39, 0.29) is 5.04 Å². The minimum absolute atomic E-state index is 0.278. The molecule has 0 heterocycles. The van der Waals surface area contributed by atoms with E-state index in [0.29, 0.717) is 17.8 Å². The second kappa shape index (κ2) is 7.21. The lowest BCUT2D eigenvalue weighted by molar-refractivity contribution is -0.124. The van der Waals surface area contributed by atoms with Crippen LogP contribution in [0.5, 0.6) is 0 Å². The zero-order valence-electron chi connectivity index (χ0n) is 14.4. The molecule has 1 fully saturated rings. The molecule has 3 heteroatoms. The lowest BCUT2D eigenvalue weighted by Crippen LogP contribution is -2.43. The van der Waals surface area contributed by atoms with Crippen LogP contribution in [0.2, 0.25) is 18.1 Å². The SMILES string of the molecule is CC(CCCC1CCCCC1=O)O[Si](C)(C)C(C)(C)C. The molecular formula is C17H34O2Si. The molecule has 0 aromatic heterocycles. The number of hydrogen-bond donors (Lipinski definition) is 0. The predicted molar refractivity (Wildman–Crippen MR) is 88.6 cm³/mol. The van der Waals surface area contributed by atoms with Crippen LogP contribution in [0.25, 0.3) is 0 Å². The fourth-order valence-corrected chi connectivity index (χ4v) is 4.23. The van der Waals surface area contributed by atoms with Gasteiger partial charge in [-0.2, -0.15) is 0 Å². The van der Waals surface area contributed by atoms with Gasteiger partial charge in [0.15, 0.2) is 8.32 Å². The molecule has 20 heavy (non-hydrogen) atoms. The van der Waals surface area contributed by atoms with Crippen LogP contribution in [0.1, 0.15) is 72.6 Å². The molecule has 0 aliphatic heterocycles. The van der Waals surface area contributed by atoms with Crippen LogP contribution >= 0.6 is 0 Å². The highest BCUT2D eigenvalue weighted by atomic mass is 28.4. The van der Waals surface area contributed by atoms with Crippen molar-refractivity contribution in [2.24, 2.45) is 5.92 Å². The van der Waals surface area contributed by atoms with E-state index in [0.717, 1.165) is 38.5 Å². The Hall–Kier alpha value is -0.153. The lowest BCUT2D eigenvalue weighted by Gasteiger charge is -2.38. The maximum Gasteiger partial charge on any atom is 0.192 e. The highest BCUT2D eigenvalue weighted by Crippen LogP contribution is 2.37. The number of Topliss-reactive ketones (excluding diaryl/α,β-unsaturated/α-hetero) is 1. The molecule has 1 saturated carbocycles. The first kappa shape index (κ1) is 17.9. The normalized spacial score (nSPS) is 22.9. The lowest BCUT2D eigenvalue weighted by atomic mass is 9.84. The Balaban J connectivity index is 2.29. The van der Waals surface area contributed by atoms with E-state index in [1.165, 1.54) is 6.42 Å². The monoisotopic (exact) mass is 298 g/mol. The van der Waals surface area contributed by atoms with Crippen LogP contribution in [-0.2, 0) is 9.22 Å². The summed E-state index contributed by atoms with van der Waals surface area (Å²) in [5, 5.41) is 0.278. The second-order valence-electron chi connectivity index (χ2n) is 8.03. The number of carbonyl (C=O) groups excluding carboxylic acids is 1. The van der Waals surface area contributed by atoms with Gasteiger partial charge in [-0.3, -0.25) is 4.79 Å². The van der Waals surface area contributed by atoms with Gasteiger partial charge in [-0.15, -0.1) is 0 Å². The molecule has 0 aromatic rings. The predicted octanol–water partition coefficient (Wildman–Crippen LogP) is 5.33. The zero-order valence-corrected chi connectivity index (χ0v) is 15.4. The smallest absolute Gasteiger partial charge is 0.192 e. The summed E-state index contributed by atoms with van der Waals surface area (Å²) < 4.78 is 6.37. The molecule has 0 bridgehead atoms. The fourth-order valence-electron chi connectivity index (χ4n) is 2.75. The van der Waals surface area contributed by atoms with Gasteiger partial charge in [0.1, 0.15) is 5.78 Å². The Morgan fingerprint density at radius 2 is 1.95 bits per heavy atom. The van der Waals surface area contributed by atoms with Gasteiger partial charge in [-0.25, -0.2) is 0 Å². The highest BCUT2D eigenvalue weighted by molar-refractivity contribution is 6.74. The molecule has 0 aromatic carbocycles. The van der Waals surface area contributed by atoms with E-state index >= 15 is 0 Å². The van der Waals surface area contributed by atoms with Gasteiger partial charge in [-0.1, -0.05) is 33.6 Å². The summed E-state index contributed by atoms with van der Waals surface area (Å²) >= 11 is 0. The Kier molecular flexibility index (Phi) is 6.46. The first-order chi connectivity index (χ1) is 9.13. The Bertz CT molecular complexity index is 317. The second-order valence-corrected chi connectivity index (χ2v) is 12.8. The first-order valence-corrected chi connectivity index (χ1v) is 11.2. The van der Waals surface area contributed by atoms with E-state index in [1.807, 2.05) is 0 Å². The van der Waals surface area contributed by atoms with Gasteiger partial charge >= 0.3 is 0 Å². The molecule has 0 radical (unpaired) electrons. The quantitative estimate of drug-likeness (QED) is 0.620. The van der Waals surface area contributed by atoms with Crippen molar-refractivity contribution < 1.29 is 9.22 Å². The van der Waals surface area contributed by atoms with Gasteiger partial charge in [0.25, 0.3) is 0 Å². The Morgan fingerprint density at radius 1 is 1.30 bits per heavy atom. The van der Waals surface area contributed by atoms with Crippen LogP contribution in [0.3, 0.4) is 0 Å². The van der Waals surface area contributed by atoms with Crippen molar-refractivity contribution in [3.05, 3.63) is 0 Å². The minimum atomic E-state index is -1.64. The van der Waals surface area contributed by atoms with Crippen molar-refractivity contribution in [1.29, 1.82) is 0 Å². The number of hydrogen-bond acceptors (Lipinski definition) is 2. The summed E-state index contributed by atoms with van der Waals surface area (Å²) in [5.41, 5.74) is 0. The van der Waals surface area contributed by atoms with Crippen LogP contribution in [-0.4, -0.2) is 20.2 Å². The topological polar surface area (TPSA) is 26.3 Å². The molecule has 118 valence electrons. The van der Waals surface area contributed by atoms with Gasteiger partial charge < -0.3 is 4.43 Å². The van der Waals surface area contributed by atoms with Crippen LogP contribution < -0.4 is 0 Å². The maximum absolute atomic E-state index is 11.8. The summed E-state index contributed by atoms with van der Waals surface area (Å²) in [5.74, 6) is 0.859. The summed E-state index contributed by atoms with van der Waals surface area (Å²) in [4.78, 5) is 11.8. The molecule has 0 N–H and O–H groups in total. The molecule has 0 saturated heterocycles. The summed E-state index contributed by atoms with van der Waals surface area (Å²) in [6.07, 6.45) is 7.92. The standard InChI is InChI=1S/C17H34O2Si/c1-14(19-20(5,6)17(2,3)4)10-9-12-15-11-7-8-13-16(15)18/h14-15H,7-13H2,1-6H3. The van der Waals surface area contributed by atoms with E-state index in [2.05, 4.69) is 40.8 Å². The molecule has 2 nitrogen and oxygen atoms in total. The van der Waals surface area contributed by atoms with Gasteiger partial charge in [0, 0.05) is 18.4 Å². The Labute approximate surface area is 126 Å². The third-order valence-corrected chi connectivity index (χ3v) is 9.75. The van der Waals surface area contributed by atoms with E-state index < -0.39 is 8.32 Å². The van der Waals surface area contributed by atoms with E-state index in [9.17, 15) is 4.79 Å². The van der Waals surface area contributed by atoms with E-state index in [1.54, 1.807) is 0 Å². The van der Waals surface area contributed by atoms with Crippen molar-refractivity contribution in [2.75, 3.05) is 0 Å². The van der Waals surface area contributed by atoms with Crippen LogP contribution in [0, 0.1) is 5.92 Å². The molecule has 0 spiro atoms. The fraction of sp³-hybridized carbons (Fsp3) is 0.941. The molecule has 2 unspecified atom stereocenters. The Morgan fingerprint density at radius 3 is 2.50 bits per heavy atom. The third kappa shape index (κ3) is 5.32. The van der Waals surface area contributed by atoms with Crippen molar-refractivity contribution in [3.63, 3.8) is 0 Å². The first-order valence-electron chi connectivity index (χ1n) is 8.34. The third-order valence-electron chi connectivity index (χ3n) is 5.15.